The zero-order chi connectivity index (χ0) is 14.9. The first kappa shape index (κ1) is 15.2. The summed E-state index contributed by atoms with van der Waals surface area (Å²) in [6.07, 6.45) is -1.50. The van der Waals surface area contributed by atoms with Crippen molar-refractivity contribution < 1.29 is 18.3 Å². The quantitative estimate of drug-likeness (QED) is 0.814. The van der Waals surface area contributed by atoms with Crippen LogP contribution < -0.4 is 0 Å². The number of hydrogen-bond donors (Lipinski definition) is 1. The summed E-state index contributed by atoms with van der Waals surface area (Å²) in [5, 5.41) is 9.43. The minimum atomic E-state index is -1.36. The molecule has 0 radical (unpaired) electrons. The highest BCUT2D eigenvalue weighted by Crippen LogP contribution is 2.29. The van der Waals surface area contributed by atoms with Crippen LogP contribution in [0.3, 0.4) is 0 Å². The highest BCUT2D eigenvalue weighted by Gasteiger charge is 2.18. The molecule has 1 N–H and O–H groups in total. The van der Waals surface area contributed by atoms with Gasteiger partial charge in [0.15, 0.2) is 0 Å². The molecule has 0 aliphatic rings. The molecule has 0 aliphatic heterocycles. The minimum Gasteiger partial charge on any atom is -0.388 e. The highest BCUT2D eigenvalue weighted by molar-refractivity contribution is 6.31. The van der Waals surface area contributed by atoms with Crippen molar-refractivity contribution in [1.82, 2.24) is 0 Å². The lowest BCUT2D eigenvalue weighted by Crippen LogP contribution is -2.06. The van der Waals surface area contributed by atoms with Gasteiger partial charge in [-0.1, -0.05) is 35.3 Å². The van der Waals surface area contributed by atoms with Crippen LogP contribution >= 0.6 is 23.2 Å². The predicted octanol–water partition coefficient (Wildman–Crippen LogP) is 4.69. The molecule has 1 nitrogen and oxygen atoms in total. The van der Waals surface area contributed by atoms with E-state index in [1.807, 2.05) is 0 Å². The van der Waals surface area contributed by atoms with Crippen molar-refractivity contribution in [2.45, 2.75) is 12.5 Å². The molecular formula is C14H9Cl2F3O. The first-order chi connectivity index (χ1) is 9.40. The molecule has 106 valence electrons. The van der Waals surface area contributed by atoms with E-state index < -0.39 is 23.6 Å². The van der Waals surface area contributed by atoms with Gasteiger partial charge in [0.05, 0.1) is 16.1 Å². The summed E-state index contributed by atoms with van der Waals surface area (Å²) in [6, 6.07) is 5.68. The Morgan fingerprint density at radius 2 is 1.70 bits per heavy atom. The second kappa shape index (κ2) is 6.04. The van der Waals surface area contributed by atoms with Crippen LogP contribution in [0.25, 0.3) is 0 Å². The van der Waals surface area contributed by atoms with Crippen molar-refractivity contribution in [1.29, 1.82) is 0 Å². The van der Waals surface area contributed by atoms with Gasteiger partial charge in [-0.2, -0.15) is 0 Å². The molecule has 20 heavy (non-hydrogen) atoms. The van der Waals surface area contributed by atoms with Crippen LogP contribution in [0.5, 0.6) is 0 Å². The molecule has 0 bridgehead atoms. The number of rotatable bonds is 3. The SMILES string of the molecule is OC(Cc1cccc(F)c1Cl)c1cc(F)c(Cl)cc1F. The Kier molecular flexibility index (Phi) is 4.58. The lowest BCUT2D eigenvalue weighted by molar-refractivity contribution is 0.173. The normalized spacial score (nSPS) is 12.5. The fourth-order valence-corrected chi connectivity index (χ4v) is 2.17. The van der Waals surface area contributed by atoms with Crippen molar-refractivity contribution in [3.8, 4) is 0 Å². The third-order valence-electron chi connectivity index (χ3n) is 2.84. The largest absolute Gasteiger partial charge is 0.388 e. The monoisotopic (exact) mass is 320 g/mol. The lowest BCUT2D eigenvalue weighted by Gasteiger charge is -2.14. The lowest BCUT2D eigenvalue weighted by atomic mass is 10.0. The van der Waals surface area contributed by atoms with Gasteiger partial charge in [0.1, 0.15) is 17.5 Å². The van der Waals surface area contributed by atoms with Gasteiger partial charge < -0.3 is 5.11 Å². The van der Waals surface area contributed by atoms with Crippen molar-refractivity contribution >= 4 is 23.2 Å². The van der Waals surface area contributed by atoms with Gasteiger partial charge in [-0.3, -0.25) is 0 Å². The van der Waals surface area contributed by atoms with E-state index in [2.05, 4.69) is 0 Å². The Labute approximate surface area is 123 Å². The molecule has 2 rings (SSSR count). The maximum absolute atomic E-state index is 13.6. The van der Waals surface area contributed by atoms with Crippen molar-refractivity contribution in [3.05, 3.63) is 69.0 Å². The Morgan fingerprint density at radius 1 is 1.00 bits per heavy atom. The van der Waals surface area contributed by atoms with Crippen molar-refractivity contribution in [3.63, 3.8) is 0 Å². The Bertz CT molecular complexity index is 647. The van der Waals surface area contributed by atoms with Crippen LogP contribution in [0.2, 0.25) is 10.0 Å². The second-order valence-electron chi connectivity index (χ2n) is 4.22. The molecule has 1 unspecified atom stereocenters. The van der Waals surface area contributed by atoms with Gasteiger partial charge in [-0.05, 0) is 23.8 Å². The smallest absolute Gasteiger partial charge is 0.142 e. The maximum atomic E-state index is 13.6. The van der Waals surface area contributed by atoms with E-state index >= 15 is 0 Å². The highest BCUT2D eigenvalue weighted by atomic mass is 35.5. The van der Waals surface area contributed by atoms with E-state index in [4.69, 9.17) is 23.2 Å². The molecule has 1 atom stereocenters. The molecule has 0 spiro atoms. The zero-order valence-electron chi connectivity index (χ0n) is 10.0. The van der Waals surface area contributed by atoms with Gasteiger partial charge in [0, 0.05) is 12.0 Å². The molecule has 2 aromatic carbocycles. The molecule has 0 aromatic heterocycles. The van der Waals surface area contributed by atoms with Crippen molar-refractivity contribution in [2.75, 3.05) is 0 Å². The molecule has 0 amide bonds. The predicted molar refractivity (Wildman–Crippen MR) is 71.4 cm³/mol. The molecular weight excluding hydrogens is 312 g/mol. The van der Waals surface area contributed by atoms with Gasteiger partial charge >= 0.3 is 0 Å². The second-order valence-corrected chi connectivity index (χ2v) is 5.01. The average molecular weight is 321 g/mol. The maximum Gasteiger partial charge on any atom is 0.142 e. The van der Waals surface area contributed by atoms with E-state index in [0.717, 1.165) is 12.1 Å². The summed E-state index contributed by atoms with van der Waals surface area (Å²) in [7, 11) is 0. The molecule has 0 saturated heterocycles. The molecule has 2 aromatic rings. The van der Waals surface area contributed by atoms with E-state index in [0.29, 0.717) is 5.56 Å². The summed E-state index contributed by atoms with van der Waals surface area (Å²) < 4.78 is 40.2. The number of benzene rings is 2. The van der Waals surface area contributed by atoms with Crippen LogP contribution in [0.4, 0.5) is 13.2 Å². The Morgan fingerprint density at radius 3 is 2.40 bits per heavy atom. The molecule has 0 saturated carbocycles. The topological polar surface area (TPSA) is 20.2 Å². The zero-order valence-corrected chi connectivity index (χ0v) is 11.5. The van der Waals surface area contributed by atoms with E-state index in [1.165, 1.54) is 18.2 Å². The number of aliphatic hydroxyl groups excluding tert-OH is 1. The third-order valence-corrected chi connectivity index (χ3v) is 3.56. The summed E-state index contributed by atoms with van der Waals surface area (Å²) >= 11 is 11.2. The standard InChI is InChI=1S/C14H9Cl2F3O/c15-9-6-11(18)8(5-12(9)19)13(20)4-7-2-1-3-10(17)14(7)16/h1-3,5-6,13,20H,4H2. The van der Waals surface area contributed by atoms with Crippen LogP contribution in [-0.4, -0.2) is 5.11 Å². The van der Waals surface area contributed by atoms with Crippen LogP contribution in [0.15, 0.2) is 30.3 Å². The van der Waals surface area contributed by atoms with E-state index in [9.17, 15) is 18.3 Å². The minimum absolute atomic E-state index is 0.144. The van der Waals surface area contributed by atoms with Gasteiger partial charge in [0.2, 0.25) is 0 Å². The molecule has 6 heteroatoms. The summed E-state index contributed by atoms with van der Waals surface area (Å²) in [5.74, 6) is -2.32. The Balaban J connectivity index is 2.31. The van der Waals surface area contributed by atoms with Crippen molar-refractivity contribution in [2.24, 2.45) is 0 Å². The average Bonchev–Trinajstić information content (AvgIpc) is 2.39. The number of aliphatic hydroxyl groups is 1. The molecule has 0 fully saturated rings. The third kappa shape index (κ3) is 3.08. The van der Waals surface area contributed by atoms with Crippen LogP contribution in [0, 0.1) is 17.5 Å². The summed E-state index contributed by atoms with van der Waals surface area (Å²) in [6.45, 7) is 0. The fraction of sp³-hybridized carbons (Fsp3) is 0.143. The Hall–Kier alpha value is -1.23. The summed E-state index contributed by atoms with van der Waals surface area (Å²) in [4.78, 5) is 0. The van der Waals surface area contributed by atoms with Gasteiger partial charge in [0.25, 0.3) is 0 Å². The van der Waals surface area contributed by atoms with Gasteiger partial charge in [-0.25, -0.2) is 13.2 Å². The molecule has 0 aliphatic carbocycles. The molecule has 0 heterocycles. The number of hydrogen-bond acceptors (Lipinski definition) is 1. The number of halogens is 5. The van der Waals surface area contributed by atoms with E-state index in [1.54, 1.807) is 0 Å². The van der Waals surface area contributed by atoms with E-state index in [-0.39, 0.29) is 22.0 Å². The van der Waals surface area contributed by atoms with Crippen LogP contribution in [-0.2, 0) is 6.42 Å². The van der Waals surface area contributed by atoms with Gasteiger partial charge in [-0.15, -0.1) is 0 Å². The summed E-state index contributed by atoms with van der Waals surface area (Å²) in [5.41, 5.74) is 0.0427. The first-order valence-electron chi connectivity index (χ1n) is 5.65. The first-order valence-corrected chi connectivity index (χ1v) is 6.41. The van der Waals surface area contributed by atoms with Crippen LogP contribution in [0.1, 0.15) is 17.2 Å². The fourth-order valence-electron chi connectivity index (χ4n) is 1.82.